The summed E-state index contributed by atoms with van der Waals surface area (Å²) in [6.45, 7) is 8.89. The van der Waals surface area contributed by atoms with Crippen LogP contribution in [0.1, 0.15) is 47.5 Å². The van der Waals surface area contributed by atoms with Gasteiger partial charge in [0.15, 0.2) is 11.6 Å². The van der Waals surface area contributed by atoms with Gasteiger partial charge in [0, 0.05) is 28.2 Å². The standard InChI is InChI=1S/C16H23NO3/c1-8(2)12(16(17)20)6-7-13-11(5)14(18)9(3)10(4)15(13)19/h8,12H,6-7H2,1-5H3,(H2,17,20). The van der Waals surface area contributed by atoms with Crippen molar-refractivity contribution in [2.75, 3.05) is 0 Å². The third kappa shape index (κ3) is 3.06. The average molecular weight is 277 g/mol. The summed E-state index contributed by atoms with van der Waals surface area (Å²) in [6, 6.07) is 0. The van der Waals surface area contributed by atoms with Crippen molar-refractivity contribution in [3.63, 3.8) is 0 Å². The van der Waals surface area contributed by atoms with Gasteiger partial charge in [-0.15, -0.1) is 0 Å². The van der Waals surface area contributed by atoms with Crippen LogP contribution in [0.4, 0.5) is 0 Å². The van der Waals surface area contributed by atoms with E-state index in [2.05, 4.69) is 0 Å². The topological polar surface area (TPSA) is 77.2 Å². The number of hydrogen-bond acceptors (Lipinski definition) is 3. The number of Topliss-reactive ketones (excluding diaryl/α,β-unsaturated/α-hetero) is 2. The molecule has 0 radical (unpaired) electrons. The van der Waals surface area contributed by atoms with Gasteiger partial charge >= 0.3 is 0 Å². The molecule has 2 N–H and O–H groups in total. The molecule has 1 unspecified atom stereocenters. The van der Waals surface area contributed by atoms with Gasteiger partial charge in [-0.25, -0.2) is 0 Å². The molecule has 0 spiro atoms. The fraction of sp³-hybridized carbons (Fsp3) is 0.562. The van der Waals surface area contributed by atoms with E-state index in [9.17, 15) is 14.4 Å². The number of carbonyl (C=O) groups excluding carboxylic acids is 3. The molecular formula is C16H23NO3. The number of nitrogens with two attached hydrogens (primary N) is 1. The van der Waals surface area contributed by atoms with E-state index in [0.717, 1.165) is 0 Å². The summed E-state index contributed by atoms with van der Waals surface area (Å²) in [6.07, 6.45) is 0.928. The highest BCUT2D eigenvalue weighted by Crippen LogP contribution is 2.29. The van der Waals surface area contributed by atoms with Gasteiger partial charge < -0.3 is 5.73 Å². The Morgan fingerprint density at radius 3 is 1.95 bits per heavy atom. The number of hydrogen-bond donors (Lipinski definition) is 1. The van der Waals surface area contributed by atoms with Gasteiger partial charge in [-0.05, 0) is 39.5 Å². The van der Waals surface area contributed by atoms with Crippen LogP contribution >= 0.6 is 0 Å². The minimum atomic E-state index is -0.351. The Morgan fingerprint density at radius 2 is 1.50 bits per heavy atom. The lowest BCUT2D eigenvalue weighted by Crippen LogP contribution is -2.28. The van der Waals surface area contributed by atoms with E-state index >= 15 is 0 Å². The van der Waals surface area contributed by atoms with Crippen molar-refractivity contribution in [3.8, 4) is 0 Å². The lowest BCUT2D eigenvalue weighted by Gasteiger charge is -2.21. The number of primary amides is 1. The molecule has 0 saturated heterocycles. The Labute approximate surface area is 120 Å². The molecule has 0 saturated carbocycles. The first-order valence-corrected chi connectivity index (χ1v) is 6.94. The predicted molar refractivity (Wildman–Crippen MR) is 77.8 cm³/mol. The number of allylic oxidation sites excluding steroid dienone is 4. The zero-order valence-electron chi connectivity index (χ0n) is 12.9. The molecule has 1 aliphatic rings. The molecule has 110 valence electrons. The Balaban J connectivity index is 2.95. The van der Waals surface area contributed by atoms with Crippen molar-refractivity contribution in [2.24, 2.45) is 17.6 Å². The Morgan fingerprint density at radius 1 is 1.00 bits per heavy atom. The Bertz CT molecular complexity index is 524. The monoisotopic (exact) mass is 277 g/mol. The molecule has 4 nitrogen and oxygen atoms in total. The van der Waals surface area contributed by atoms with Crippen molar-refractivity contribution < 1.29 is 14.4 Å². The first-order chi connectivity index (χ1) is 9.18. The fourth-order valence-corrected chi connectivity index (χ4v) is 2.56. The molecule has 1 amide bonds. The first kappa shape index (κ1) is 16.3. The summed E-state index contributed by atoms with van der Waals surface area (Å²) < 4.78 is 0. The number of rotatable bonds is 5. The lowest BCUT2D eigenvalue weighted by atomic mass is 9.81. The zero-order chi connectivity index (χ0) is 15.6. The normalized spacial score (nSPS) is 18.1. The van der Waals surface area contributed by atoms with Gasteiger partial charge in [-0.1, -0.05) is 13.8 Å². The van der Waals surface area contributed by atoms with E-state index in [1.807, 2.05) is 13.8 Å². The fourth-order valence-electron chi connectivity index (χ4n) is 2.56. The molecule has 1 rings (SSSR count). The van der Waals surface area contributed by atoms with Gasteiger partial charge in [-0.3, -0.25) is 14.4 Å². The van der Waals surface area contributed by atoms with Crippen LogP contribution in [0.5, 0.6) is 0 Å². The molecule has 0 aromatic carbocycles. The highest BCUT2D eigenvalue weighted by Gasteiger charge is 2.29. The second-order valence-electron chi connectivity index (χ2n) is 5.80. The molecule has 0 heterocycles. The minimum absolute atomic E-state index is 0.0720. The van der Waals surface area contributed by atoms with Crippen LogP contribution in [0.15, 0.2) is 22.3 Å². The average Bonchev–Trinajstić information content (AvgIpc) is 2.37. The SMILES string of the molecule is CC1=C(C)C(=O)C(CCC(C(N)=O)C(C)C)=C(C)C1=O. The Kier molecular flexibility index (Phi) is 5.03. The lowest BCUT2D eigenvalue weighted by molar-refractivity contribution is -0.123. The predicted octanol–water partition coefficient (Wildman–Crippen LogP) is 2.33. The van der Waals surface area contributed by atoms with E-state index in [1.54, 1.807) is 20.8 Å². The second kappa shape index (κ2) is 6.16. The van der Waals surface area contributed by atoms with Crippen molar-refractivity contribution >= 4 is 17.5 Å². The van der Waals surface area contributed by atoms with E-state index in [-0.39, 0.29) is 29.3 Å². The van der Waals surface area contributed by atoms with Crippen LogP contribution in [0.2, 0.25) is 0 Å². The number of amides is 1. The van der Waals surface area contributed by atoms with E-state index in [4.69, 9.17) is 5.73 Å². The van der Waals surface area contributed by atoms with Crippen LogP contribution in [-0.4, -0.2) is 17.5 Å². The summed E-state index contributed by atoms with van der Waals surface area (Å²) in [5.74, 6) is -0.646. The maximum Gasteiger partial charge on any atom is 0.220 e. The molecule has 1 aliphatic carbocycles. The summed E-state index contributed by atoms with van der Waals surface area (Å²) in [7, 11) is 0. The van der Waals surface area contributed by atoms with E-state index in [0.29, 0.717) is 35.1 Å². The van der Waals surface area contributed by atoms with Crippen molar-refractivity contribution in [1.29, 1.82) is 0 Å². The van der Waals surface area contributed by atoms with Gasteiger partial charge in [-0.2, -0.15) is 0 Å². The largest absolute Gasteiger partial charge is 0.369 e. The van der Waals surface area contributed by atoms with Crippen molar-refractivity contribution in [2.45, 2.75) is 47.5 Å². The molecule has 0 aromatic heterocycles. The molecule has 4 heteroatoms. The summed E-state index contributed by atoms with van der Waals surface area (Å²) >= 11 is 0. The minimum Gasteiger partial charge on any atom is -0.369 e. The molecule has 0 aliphatic heterocycles. The van der Waals surface area contributed by atoms with Crippen LogP contribution in [0, 0.1) is 11.8 Å². The molecular weight excluding hydrogens is 254 g/mol. The van der Waals surface area contributed by atoms with E-state index < -0.39 is 0 Å². The summed E-state index contributed by atoms with van der Waals surface area (Å²) in [5.41, 5.74) is 7.45. The highest BCUT2D eigenvalue weighted by atomic mass is 16.1. The highest BCUT2D eigenvalue weighted by molar-refractivity contribution is 6.24. The molecule has 20 heavy (non-hydrogen) atoms. The number of ketones is 2. The zero-order valence-corrected chi connectivity index (χ0v) is 12.9. The van der Waals surface area contributed by atoms with Gasteiger partial charge in [0.05, 0.1) is 0 Å². The van der Waals surface area contributed by atoms with Crippen LogP contribution in [0.3, 0.4) is 0 Å². The smallest absolute Gasteiger partial charge is 0.220 e. The van der Waals surface area contributed by atoms with Crippen LogP contribution in [-0.2, 0) is 14.4 Å². The third-order valence-electron chi connectivity index (χ3n) is 4.19. The molecule has 0 bridgehead atoms. The third-order valence-corrected chi connectivity index (χ3v) is 4.19. The molecule has 0 fully saturated rings. The summed E-state index contributed by atoms with van der Waals surface area (Å²) in [4.78, 5) is 35.7. The van der Waals surface area contributed by atoms with Gasteiger partial charge in [0.2, 0.25) is 5.91 Å². The maximum absolute atomic E-state index is 12.3. The number of carbonyl (C=O) groups is 3. The van der Waals surface area contributed by atoms with Crippen molar-refractivity contribution in [3.05, 3.63) is 22.3 Å². The maximum atomic E-state index is 12.3. The molecule has 0 aromatic rings. The van der Waals surface area contributed by atoms with Crippen LogP contribution < -0.4 is 5.73 Å². The Hall–Kier alpha value is -1.71. The quantitative estimate of drug-likeness (QED) is 0.783. The van der Waals surface area contributed by atoms with E-state index in [1.165, 1.54) is 0 Å². The van der Waals surface area contributed by atoms with Crippen LogP contribution in [0.25, 0.3) is 0 Å². The second-order valence-corrected chi connectivity index (χ2v) is 5.80. The summed E-state index contributed by atoms with van der Waals surface area (Å²) in [5, 5.41) is 0. The van der Waals surface area contributed by atoms with Crippen molar-refractivity contribution in [1.82, 2.24) is 0 Å². The first-order valence-electron chi connectivity index (χ1n) is 6.94. The molecule has 1 atom stereocenters. The van der Waals surface area contributed by atoms with Gasteiger partial charge in [0.1, 0.15) is 0 Å². The van der Waals surface area contributed by atoms with Gasteiger partial charge in [0.25, 0.3) is 0 Å².